The van der Waals surface area contributed by atoms with Crippen LogP contribution >= 0.6 is 23.2 Å². The van der Waals surface area contributed by atoms with Crippen LogP contribution in [0.5, 0.6) is 0 Å². The Balaban J connectivity index is 2.67. The van der Waals surface area contributed by atoms with E-state index in [9.17, 15) is 9.90 Å². The molecule has 0 aliphatic rings. The highest BCUT2D eigenvalue weighted by atomic mass is 35.5. The molecule has 100 valence electrons. The van der Waals surface area contributed by atoms with Crippen LogP contribution in [0.3, 0.4) is 0 Å². The number of aliphatic hydroxyl groups excluding tert-OH is 1. The molecule has 0 aliphatic carbocycles. The minimum Gasteiger partial charge on any atom is -0.394 e. The predicted octanol–water partition coefficient (Wildman–Crippen LogP) is 3.28. The molecule has 4 nitrogen and oxygen atoms in total. The van der Waals surface area contributed by atoms with E-state index in [1.165, 1.54) is 0 Å². The maximum absolute atomic E-state index is 11.7. The first-order chi connectivity index (χ1) is 8.40. The van der Waals surface area contributed by atoms with Crippen molar-refractivity contribution in [2.75, 3.05) is 11.9 Å². The number of rotatable bonds is 4. The summed E-state index contributed by atoms with van der Waals surface area (Å²) >= 11 is 11.6. The van der Waals surface area contributed by atoms with Gasteiger partial charge in [0.1, 0.15) is 0 Å². The van der Waals surface area contributed by atoms with Crippen LogP contribution in [0.15, 0.2) is 18.2 Å². The quantitative estimate of drug-likeness (QED) is 0.797. The van der Waals surface area contributed by atoms with Crippen molar-refractivity contribution in [3.63, 3.8) is 0 Å². The lowest BCUT2D eigenvalue weighted by atomic mass is 10.0. The van der Waals surface area contributed by atoms with Crippen molar-refractivity contribution in [1.82, 2.24) is 5.32 Å². The van der Waals surface area contributed by atoms with Gasteiger partial charge < -0.3 is 15.7 Å². The van der Waals surface area contributed by atoms with E-state index in [1.54, 1.807) is 25.1 Å². The summed E-state index contributed by atoms with van der Waals surface area (Å²) in [5.74, 6) is 0. The number of carbonyl (C=O) groups is 1. The standard InChI is InChI=1S/C12H16Cl2N2O2/c1-3-12(2,7-17)16-11(18)15-8-4-5-9(13)10(14)6-8/h4-6,17H,3,7H2,1-2H3,(H2,15,16,18). The van der Waals surface area contributed by atoms with E-state index < -0.39 is 11.6 Å². The normalized spacial score (nSPS) is 13.8. The SMILES string of the molecule is CCC(C)(CO)NC(=O)Nc1ccc(Cl)c(Cl)c1. The van der Waals surface area contributed by atoms with Crippen molar-refractivity contribution < 1.29 is 9.90 Å². The lowest BCUT2D eigenvalue weighted by Crippen LogP contribution is -2.50. The topological polar surface area (TPSA) is 61.4 Å². The number of nitrogens with one attached hydrogen (secondary N) is 2. The summed E-state index contributed by atoms with van der Waals surface area (Å²) in [6.45, 7) is 3.52. The van der Waals surface area contributed by atoms with Gasteiger partial charge in [0.25, 0.3) is 0 Å². The van der Waals surface area contributed by atoms with Gasteiger partial charge in [-0.2, -0.15) is 0 Å². The van der Waals surface area contributed by atoms with E-state index in [0.29, 0.717) is 22.2 Å². The van der Waals surface area contributed by atoms with E-state index in [1.807, 2.05) is 6.92 Å². The number of carbonyl (C=O) groups excluding carboxylic acids is 1. The van der Waals surface area contributed by atoms with Gasteiger partial charge in [-0.15, -0.1) is 0 Å². The van der Waals surface area contributed by atoms with E-state index in [0.717, 1.165) is 0 Å². The lowest BCUT2D eigenvalue weighted by molar-refractivity contribution is 0.172. The highest BCUT2D eigenvalue weighted by molar-refractivity contribution is 6.42. The van der Waals surface area contributed by atoms with Crippen LogP contribution in [0.1, 0.15) is 20.3 Å². The number of anilines is 1. The number of aliphatic hydroxyl groups is 1. The fourth-order valence-corrected chi connectivity index (χ4v) is 1.55. The maximum Gasteiger partial charge on any atom is 0.319 e. The lowest BCUT2D eigenvalue weighted by Gasteiger charge is -2.27. The summed E-state index contributed by atoms with van der Waals surface area (Å²) in [5, 5.41) is 15.3. The Bertz CT molecular complexity index is 434. The molecule has 6 heteroatoms. The second kappa shape index (κ2) is 6.27. The first-order valence-corrected chi connectivity index (χ1v) is 6.31. The van der Waals surface area contributed by atoms with Gasteiger partial charge in [-0.3, -0.25) is 0 Å². The fraction of sp³-hybridized carbons (Fsp3) is 0.417. The molecule has 0 saturated heterocycles. The Morgan fingerprint density at radius 3 is 2.56 bits per heavy atom. The van der Waals surface area contributed by atoms with Crippen LogP contribution in [0.25, 0.3) is 0 Å². The minimum absolute atomic E-state index is 0.127. The molecule has 1 rings (SSSR count). The number of urea groups is 1. The predicted molar refractivity (Wildman–Crippen MR) is 74.4 cm³/mol. The highest BCUT2D eigenvalue weighted by Crippen LogP contribution is 2.25. The molecule has 1 atom stereocenters. The van der Waals surface area contributed by atoms with Gasteiger partial charge in [0.15, 0.2) is 0 Å². The van der Waals surface area contributed by atoms with Crippen LogP contribution in [0, 0.1) is 0 Å². The molecule has 0 bridgehead atoms. The van der Waals surface area contributed by atoms with E-state index in [-0.39, 0.29) is 6.61 Å². The number of hydrogen-bond donors (Lipinski definition) is 3. The Morgan fingerprint density at radius 1 is 1.39 bits per heavy atom. The van der Waals surface area contributed by atoms with E-state index >= 15 is 0 Å². The van der Waals surface area contributed by atoms with Gasteiger partial charge in [0.05, 0.1) is 22.2 Å². The summed E-state index contributed by atoms with van der Waals surface area (Å²) in [6, 6.07) is 4.42. The minimum atomic E-state index is -0.639. The first kappa shape index (κ1) is 15.1. The molecule has 3 N–H and O–H groups in total. The van der Waals surface area contributed by atoms with Crippen molar-refractivity contribution in [3.05, 3.63) is 28.2 Å². The summed E-state index contributed by atoms with van der Waals surface area (Å²) < 4.78 is 0. The smallest absolute Gasteiger partial charge is 0.319 e. The molecule has 2 amide bonds. The van der Waals surface area contributed by atoms with Crippen LogP contribution < -0.4 is 10.6 Å². The molecule has 0 saturated carbocycles. The van der Waals surface area contributed by atoms with E-state index in [4.69, 9.17) is 23.2 Å². The average molecular weight is 291 g/mol. The zero-order valence-corrected chi connectivity index (χ0v) is 11.8. The molecule has 0 spiro atoms. The second-order valence-electron chi connectivity index (χ2n) is 4.28. The molecule has 1 unspecified atom stereocenters. The molecule has 0 aromatic heterocycles. The number of amides is 2. The van der Waals surface area contributed by atoms with Crippen molar-refractivity contribution >= 4 is 34.9 Å². The van der Waals surface area contributed by atoms with Crippen LogP contribution in [-0.2, 0) is 0 Å². The summed E-state index contributed by atoms with van der Waals surface area (Å²) in [5.41, 5.74) is -0.0985. The molecule has 1 aromatic carbocycles. The third kappa shape index (κ3) is 4.05. The average Bonchev–Trinajstić information content (AvgIpc) is 2.33. The van der Waals surface area contributed by atoms with Crippen LogP contribution in [0.2, 0.25) is 10.0 Å². The van der Waals surface area contributed by atoms with Gasteiger partial charge in [0.2, 0.25) is 0 Å². The first-order valence-electron chi connectivity index (χ1n) is 5.55. The van der Waals surface area contributed by atoms with Gasteiger partial charge >= 0.3 is 6.03 Å². The van der Waals surface area contributed by atoms with Gasteiger partial charge in [-0.1, -0.05) is 30.1 Å². The van der Waals surface area contributed by atoms with Crippen molar-refractivity contribution in [2.24, 2.45) is 0 Å². The summed E-state index contributed by atoms with van der Waals surface area (Å²) in [4.78, 5) is 11.7. The molecular formula is C12H16Cl2N2O2. The van der Waals surface area contributed by atoms with Gasteiger partial charge in [0, 0.05) is 5.69 Å². The number of hydrogen-bond acceptors (Lipinski definition) is 2. The van der Waals surface area contributed by atoms with Crippen molar-refractivity contribution in [3.8, 4) is 0 Å². The second-order valence-corrected chi connectivity index (χ2v) is 5.09. The molecule has 18 heavy (non-hydrogen) atoms. The Labute approximate surface area is 116 Å². The molecule has 0 radical (unpaired) electrons. The Kier molecular flexibility index (Phi) is 5.26. The summed E-state index contributed by atoms with van der Waals surface area (Å²) in [7, 11) is 0. The number of halogens is 2. The van der Waals surface area contributed by atoms with Gasteiger partial charge in [-0.05, 0) is 31.5 Å². The van der Waals surface area contributed by atoms with Crippen LogP contribution in [-0.4, -0.2) is 23.3 Å². The maximum atomic E-state index is 11.7. The zero-order chi connectivity index (χ0) is 13.8. The Hall–Kier alpha value is -0.970. The van der Waals surface area contributed by atoms with Crippen molar-refractivity contribution in [2.45, 2.75) is 25.8 Å². The monoisotopic (exact) mass is 290 g/mol. The fourth-order valence-electron chi connectivity index (χ4n) is 1.25. The molecular weight excluding hydrogens is 275 g/mol. The number of benzene rings is 1. The molecule has 0 aliphatic heterocycles. The largest absolute Gasteiger partial charge is 0.394 e. The van der Waals surface area contributed by atoms with E-state index in [2.05, 4.69) is 10.6 Å². The zero-order valence-electron chi connectivity index (χ0n) is 10.3. The highest BCUT2D eigenvalue weighted by Gasteiger charge is 2.23. The van der Waals surface area contributed by atoms with Crippen molar-refractivity contribution in [1.29, 1.82) is 0 Å². The molecule has 0 heterocycles. The van der Waals surface area contributed by atoms with Crippen LogP contribution in [0.4, 0.5) is 10.5 Å². The third-order valence-corrected chi connectivity index (χ3v) is 3.46. The molecule has 0 fully saturated rings. The Morgan fingerprint density at radius 2 is 2.06 bits per heavy atom. The molecule has 1 aromatic rings. The van der Waals surface area contributed by atoms with Gasteiger partial charge in [-0.25, -0.2) is 4.79 Å². The third-order valence-electron chi connectivity index (χ3n) is 2.72. The summed E-state index contributed by atoms with van der Waals surface area (Å²) in [6.07, 6.45) is 0.623.